The van der Waals surface area contributed by atoms with Gasteiger partial charge in [0.25, 0.3) is 0 Å². The maximum Gasteiger partial charge on any atom is 0.453 e. The summed E-state index contributed by atoms with van der Waals surface area (Å²) < 4.78 is 78.4. The Labute approximate surface area is 602 Å². The largest absolute Gasteiger partial charge is 0.453 e. The third-order valence-electron chi connectivity index (χ3n) is 14.4. The molecule has 5 amide bonds. The van der Waals surface area contributed by atoms with Crippen LogP contribution in [0.3, 0.4) is 0 Å². The van der Waals surface area contributed by atoms with Crippen molar-refractivity contribution in [3.8, 4) is 34.5 Å². The normalized spacial score (nSPS) is 11.7. The smallest absolute Gasteiger partial charge is 0.415 e. The van der Waals surface area contributed by atoms with Gasteiger partial charge in [-0.1, -0.05) is 176 Å². The van der Waals surface area contributed by atoms with Gasteiger partial charge in [-0.25, -0.2) is 38.3 Å². The Morgan fingerprint density at radius 3 is 0.788 bits per heavy atom. The van der Waals surface area contributed by atoms with E-state index in [4.69, 9.17) is 61.5 Å². The lowest BCUT2D eigenvalue weighted by atomic mass is 10.1. The van der Waals surface area contributed by atoms with Crippen molar-refractivity contribution in [2.75, 3.05) is 7.05 Å². The van der Waals surface area contributed by atoms with Crippen molar-refractivity contribution in [2.24, 2.45) is 49.4 Å². The van der Waals surface area contributed by atoms with Crippen molar-refractivity contribution in [3.63, 3.8) is 0 Å². The van der Waals surface area contributed by atoms with E-state index in [1.807, 2.05) is 66.7 Å². The molecule has 10 aromatic rings. The summed E-state index contributed by atoms with van der Waals surface area (Å²) in [4.78, 5) is 49.3. The zero-order valence-corrected chi connectivity index (χ0v) is 59.4. The van der Waals surface area contributed by atoms with Gasteiger partial charge in [0.1, 0.15) is 34.5 Å². The van der Waals surface area contributed by atoms with Crippen molar-refractivity contribution in [3.05, 3.63) is 307 Å². The number of guanidine groups is 3. The molecule has 0 fully saturated rings. The number of amides is 5. The van der Waals surface area contributed by atoms with E-state index in [-0.39, 0.29) is 49.6 Å². The minimum atomic E-state index is -4.06. The van der Waals surface area contributed by atoms with E-state index in [1.165, 1.54) is 14.0 Å². The number of nitrogens with two attached hydrogens (primary N) is 6. The van der Waals surface area contributed by atoms with Crippen LogP contribution in [0.25, 0.3) is 0 Å². The Hall–Kier alpha value is -12.5. The number of para-hydroxylation sites is 6. The van der Waals surface area contributed by atoms with Gasteiger partial charge in [0, 0.05) is 39.8 Å². The van der Waals surface area contributed by atoms with Crippen LogP contribution >= 0.6 is 22.8 Å². The van der Waals surface area contributed by atoms with Crippen LogP contribution in [0.15, 0.2) is 300 Å². The van der Waals surface area contributed by atoms with Crippen molar-refractivity contribution < 1.29 is 55.2 Å². The number of hydrogen-bond acceptors (Lipinski definition) is 15. The molecule has 0 heterocycles. The highest BCUT2D eigenvalue weighted by Crippen LogP contribution is 2.55. The maximum atomic E-state index is 14.5. The zero-order valence-electron chi connectivity index (χ0n) is 56.7. The van der Waals surface area contributed by atoms with Gasteiger partial charge in [-0.15, -0.1) is 0 Å². The second-order valence-corrected chi connectivity index (χ2v) is 28.8. The lowest BCUT2D eigenvalue weighted by Gasteiger charge is -2.28. The van der Waals surface area contributed by atoms with E-state index >= 15 is 0 Å². The van der Waals surface area contributed by atoms with E-state index in [0.29, 0.717) is 51.6 Å². The average Bonchev–Trinajstić information content (AvgIpc) is 0.816. The molecule has 0 spiro atoms. The number of aliphatic imine (C=N–C) groups is 3. The highest BCUT2D eigenvalue weighted by Gasteiger charge is 2.43. The number of rotatable bonds is 29. The molecule has 0 bridgehead atoms. The van der Waals surface area contributed by atoms with Gasteiger partial charge < -0.3 is 88.1 Å². The second-order valence-electron chi connectivity index (χ2n) is 22.6. The van der Waals surface area contributed by atoms with Gasteiger partial charge in [-0.3, -0.25) is 4.79 Å². The third-order valence-corrected chi connectivity index (χ3v) is 20.4. The summed E-state index contributed by atoms with van der Waals surface area (Å²) in [5.41, 5.74) is 37.5. The number of urea groups is 2. The highest BCUT2D eigenvalue weighted by atomic mass is 31.2. The fourth-order valence-electron chi connectivity index (χ4n) is 9.61. The van der Waals surface area contributed by atoms with Crippen LogP contribution in [0.2, 0.25) is 0 Å². The quantitative estimate of drug-likeness (QED) is 0.0118. The molecule has 10 rings (SSSR count). The number of benzene rings is 10. The summed E-state index contributed by atoms with van der Waals surface area (Å²) in [6, 6.07) is 81.6. The lowest BCUT2D eigenvalue weighted by molar-refractivity contribution is -0.119. The molecule has 26 nitrogen and oxygen atoms in total. The van der Waals surface area contributed by atoms with E-state index in [2.05, 4.69) is 41.6 Å². The van der Waals surface area contributed by atoms with Crippen molar-refractivity contribution in [2.45, 2.75) is 50.1 Å². The molecule has 0 saturated heterocycles. The average molecular weight is 1460 g/mol. The molecule has 0 radical (unpaired) electrons. The van der Waals surface area contributed by atoms with E-state index < -0.39 is 52.2 Å². The van der Waals surface area contributed by atoms with Crippen LogP contribution in [0, 0.1) is 0 Å². The molecule has 0 aliphatic heterocycles. The lowest BCUT2D eigenvalue weighted by Crippen LogP contribution is -2.44. The van der Waals surface area contributed by atoms with Gasteiger partial charge in [-0.05, 0) is 131 Å². The summed E-state index contributed by atoms with van der Waals surface area (Å²) in [5.74, 6) is -1.42. The monoisotopic (exact) mass is 1460 g/mol. The Kier molecular flexibility index (Phi) is 28.9. The van der Waals surface area contributed by atoms with Crippen LogP contribution < -0.4 is 88.1 Å². The molecule has 0 aliphatic rings. The molecule has 538 valence electrons. The minimum Gasteiger partial charge on any atom is -0.415 e. The van der Waals surface area contributed by atoms with Crippen LogP contribution in [0.5, 0.6) is 34.5 Å². The van der Waals surface area contributed by atoms with E-state index in [9.17, 15) is 28.1 Å². The first-order valence-electron chi connectivity index (χ1n) is 32.3. The van der Waals surface area contributed by atoms with Gasteiger partial charge in [-0.2, -0.15) is 0 Å². The van der Waals surface area contributed by atoms with Crippen molar-refractivity contribution >= 4 is 75.7 Å². The number of nitrogens with zero attached hydrogens (tertiary/aromatic N) is 3. The minimum absolute atomic E-state index is 0.0501. The Morgan fingerprint density at radius 1 is 0.327 bits per heavy atom. The van der Waals surface area contributed by atoms with E-state index in [1.54, 1.807) is 218 Å². The highest BCUT2D eigenvalue weighted by molar-refractivity contribution is 7.56. The van der Waals surface area contributed by atoms with E-state index in [0.717, 1.165) is 22.3 Å². The first-order chi connectivity index (χ1) is 50.1. The molecule has 10 aromatic carbocycles. The predicted octanol–water partition coefficient (Wildman–Crippen LogP) is 13.0. The number of carbonyl (C=O) groups excluding carboxylic acids is 3. The molecule has 29 heteroatoms. The summed E-state index contributed by atoms with van der Waals surface area (Å²) in [7, 11) is -10.5. The fraction of sp³-hybridized carbons (Fsp3) is 0.120. The number of nitrogens with one attached hydrogen (secondary N) is 5. The zero-order chi connectivity index (χ0) is 74.2. The van der Waals surface area contributed by atoms with Crippen LogP contribution in [-0.2, 0) is 44.3 Å². The van der Waals surface area contributed by atoms with Crippen molar-refractivity contribution in [1.82, 2.24) is 26.6 Å². The molecular weight excluding hydrogens is 1380 g/mol. The van der Waals surface area contributed by atoms with Gasteiger partial charge >= 0.3 is 34.8 Å². The summed E-state index contributed by atoms with van der Waals surface area (Å²) in [5, 5.41) is 13.6. The summed E-state index contributed by atoms with van der Waals surface area (Å²) >= 11 is 0. The molecule has 0 aromatic heterocycles. The topological polar surface area (TPSA) is 411 Å². The Balaban J connectivity index is 0.000000199. The maximum absolute atomic E-state index is 14.5. The van der Waals surface area contributed by atoms with Gasteiger partial charge in [0.05, 0.1) is 17.1 Å². The van der Waals surface area contributed by atoms with Crippen molar-refractivity contribution in [1.29, 1.82) is 0 Å². The molecule has 17 N–H and O–H groups in total. The second kappa shape index (κ2) is 38.9. The molecule has 0 saturated carbocycles. The first-order valence-corrected chi connectivity index (χ1v) is 37.1. The molecule has 0 aliphatic carbocycles. The summed E-state index contributed by atoms with van der Waals surface area (Å²) in [6.07, 6.45) is 0.489. The molecule has 3 unspecified atom stereocenters. The molecular formula is C75H81N14O12P3. The number of carbonyl (C=O) groups is 3. The van der Waals surface area contributed by atoms with Crippen LogP contribution in [-0.4, -0.2) is 60.2 Å². The standard InChI is InChI=1S/C29H30N5O4P.C23H26N5O4P.C23H25N4O4P/c30-28(31)33-24-18-16-22(17-19-24)20-27(34-29(35)32-21-23-10-4-1-5-11-23)39(36,37-25-12-6-2-7-13-25)38-26-14-8-3-9-15-26;1-26-23(29)28-21(16-17-12-14-18(15-13-17)27-22(24)25)33(30,31-19-8-4-2-5-9-19)32-20-10-6-3-7-11-20;1-17(28)26-22(16-18-12-14-19(15-13-18)27-23(24)25)32(29,30-20-8-4-2-5-9-20)31-21-10-6-3-7-11-21/h1-19,27H,20-21H2,(H4,30,31,33)(H2,32,34,35);2-15,21H,16H2,1H3,(H4,24,25,27)(H2,26,28,29);2-15,22H,16H2,1H3,(H,26,28)(H4,24,25,27). The third kappa shape index (κ3) is 25.9. The van der Waals surface area contributed by atoms with Crippen LogP contribution in [0.1, 0.15) is 29.2 Å². The Morgan fingerprint density at radius 2 is 0.558 bits per heavy atom. The molecule has 104 heavy (non-hydrogen) atoms. The van der Waals surface area contributed by atoms with Gasteiger partial charge in [0.2, 0.25) is 5.91 Å². The predicted molar refractivity (Wildman–Crippen MR) is 407 cm³/mol. The summed E-state index contributed by atoms with van der Waals surface area (Å²) in [6.45, 7) is 1.64. The fourth-order valence-corrected chi connectivity index (χ4v) is 15.2. The van der Waals surface area contributed by atoms with Crippen LogP contribution in [0.4, 0.5) is 26.7 Å². The SMILES string of the molecule is CC(=O)NC(Cc1ccc(N=C(N)N)cc1)P(=O)(Oc1ccccc1)Oc1ccccc1.CNC(=O)NC(Cc1ccc(N=C(N)N)cc1)P(=O)(Oc1ccccc1)Oc1ccccc1.NC(N)=Nc1ccc(CC(NC(=O)NCc2ccccc2)P(=O)(Oc2ccccc2)Oc2ccccc2)cc1. The number of hydrogen-bond donors (Lipinski definition) is 11. The van der Waals surface area contributed by atoms with Gasteiger partial charge in [0.15, 0.2) is 35.2 Å². The first kappa shape index (κ1) is 77.3. The molecule has 3 atom stereocenters. The Bertz CT molecular complexity index is 4420.